The zero-order valence-corrected chi connectivity index (χ0v) is 15.8. The van der Waals surface area contributed by atoms with Crippen molar-refractivity contribution in [1.29, 1.82) is 0 Å². The first-order valence-corrected chi connectivity index (χ1v) is 9.40. The zero-order valence-electron chi connectivity index (χ0n) is 15.8. The Hall–Kier alpha value is -2.66. The highest BCUT2D eigenvalue weighted by molar-refractivity contribution is 6.00. The molecule has 0 bridgehead atoms. The highest BCUT2D eigenvalue weighted by atomic mass is 16.2. The Morgan fingerprint density at radius 2 is 1.93 bits per heavy atom. The van der Waals surface area contributed by atoms with E-state index in [2.05, 4.69) is 41.7 Å². The van der Waals surface area contributed by atoms with Gasteiger partial charge in [0.2, 0.25) is 11.8 Å². The van der Waals surface area contributed by atoms with Crippen molar-refractivity contribution in [3.8, 4) is 11.1 Å². The topological polar surface area (TPSA) is 75.4 Å². The number of rotatable bonds is 4. The molecule has 5 nitrogen and oxygen atoms in total. The second kappa shape index (κ2) is 6.50. The number of carbonyl (C=O) groups is 2. The number of carbonyl (C=O) groups excluding carboxylic acids is 2. The van der Waals surface area contributed by atoms with Gasteiger partial charge in [0.25, 0.3) is 0 Å². The fraction of sp³-hybridized carbons (Fsp3) is 0.364. The standard InChI is InChI=1S/C22H25N3O2/c1-22(2,23)13-24-21(27)16-11-20(26)25(12-16)17-7-8-19-15(10-17)9-14-5-3-4-6-18(14)19/h3-8,10,16H,9,11-13,23H2,1-2H3,(H,24,27). The predicted molar refractivity (Wildman–Crippen MR) is 106 cm³/mol. The third-order valence-electron chi connectivity index (χ3n) is 5.30. The van der Waals surface area contributed by atoms with Crippen molar-refractivity contribution in [3.05, 3.63) is 53.6 Å². The molecule has 140 valence electrons. The molecule has 1 saturated heterocycles. The predicted octanol–water partition coefficient (Wildman–Crippen LogP) is 2.46. The molecule has 2 amide bonds. The summed E-state index contributed by atoms with van der Waals surface area (Å²) in [5.41, 5.74) is 11.4. The zero-order chi connectivity index (χ0) is 19.2. The Morgan fingerprint density at radius 1 is 1.19 bits per heavy atom. The molecule has 2 aromatic rings. The normalized spacial score (nSPS) is 18.4. The van der Waals surface area contributed by atoms with Crippen LogP contribution in [0.4, 0.5) is 5.69 Å². The fourth-order valence-corrected chi connectivity index (χ4v) is 3.89. The number of benzene rings is 2. The van der Waals surface area contributed by atoms with Gasteiger partial charge in [-0.3, -0.25) is 9.59 Å². The lowest BCUT2D eigenvalue weighted by atomic mass is 10.0. The van der Waals surface area contributed by atoms with Crippen LogP contribution >= 0.6 is 0 Å². The Kier molecular flexibility index (Phi) is 4.27. The number of fused-ring (bicyclic) bond motifs is 3. The van der Waals surface area contributed by atoms with Crippen LogP contribution in [0, 0.1) is 5.92 Å². The van der Waals surface area contributed by atoms with Crippen LogP contribution in [0.25, 0.3) is 11.1 Å². The molecule has 2 aliphatic rings. The second-order valence-corrected chi connectivity index (χ2v) is 8.29. The van der Waals surface area contributed by atoms with Gasteiger partial charge in [-0.2, -0.15) is 0 Å². The summed E-state index contributed by atoms with van der Waals surface area (Å²) in [5.74, 6) is -0.430. The van der Waals surface area contributed by atoms with Gasteiger partial charge in [0.1, 0.15) is 0 Å². The van der Waals surface area contributed by atoms with Crippen molar-refractivity contribution in [1.82, 2.24) is 5.32 Å². The first kappa shape index (κ1) is 17.7. The quantitative estimate of drug-likeness (QED) is 0.748. The molecule has 1 aliphatic carbocycles. The highest BCUT2D eigenvalue weighted by Crippen LogP contribution is 2.39. The molecule has 0 aromatic heterocycles. The smallest absolute Gasteiger partial charge is 0.227 e. The number of nitrogens with zero attached hydrogens (tertiary/aromatic N) is 1. The van der Waals surface area contributed by atoms with E-state index in [1.54, 1.807) is 4.90 Å². The lowest BCUT2D eigenvalue weighted by Crippen LogP contribution is -2.46. The maximum atomic E-state index is 12.5. The monoisotopic (exact) mass is 363 g/mol. The number of hydrogen-bond donors (Lipinski definition) is 2. The van der Waals surface area contributed by atoms with Crippen LogP contribution in [0.5, 0.6) is 0 Å². The second-order valence-electron chi connectivity index (χ2n) is 8.29. The number of anilines is 1. The van der Waals surface area contributed by atoms with E-state index >= 15 is 0 Å². The molecule has 0 spiro atoms. The van der Waals surface area contributed by atoms with Gasteiger partial charge in [-0.15, -0.1) is 0 Å². The van der Waals surface area contributed by atoms with E-state index in [4.69, 9.17) is 5.73 Å². The molecule has 1 fully saturated rings. The summed E-state index contributed by atoms with van der Waals surface area (Å²) < 4.78 is 0. The van der Waals surface area contributed by atoms with E-state index in [-0.39, 0.29) is 24.2 Å². The average molecular weight is 363 g/mol. The molecular formula is C22H25N3O2. The van der Waals surface area contributed by atoms with Crippen molar-refractivity contribution in [2.75, 3.05) is 18.0 Å². The highest BCUT2D eigenvalue weighted by Gasteiger charge is 2.35. The lowest BCUT2D eigenvalue weighted by molar-refractivity contribution is -0.126. The Bertz CT molecular complexity index is 914. The van der Waals surface area contributed by atoms with Gasteiger partial charge in [-0.05, 0) is 54.7 Å². The molecule has 2 aromatic carbocycles. The molecular weight excluding hydrogens is 338 g/mol. The van der Waals surface area contributed by atoms with Crippen LogP contribution in [0.2, 0.25) is 0 Å². The summed E-state index contributed by atoms with van der Waals surface area (Å²) in [4.78, 5) is 26.7. The van der Waals surface area contributed by atoms with Crippen LogP contribution in [-0.2, 0) is 16.0 Å². The first-order valence-electron chi connectivity index (χ1n) is 9.40. The van der Waals surface area contributed by atoms with Crippen molar-refractivity contribution in [3.63, 3.8) is 0 Å². The number of nitrogens with one attached hydrogen (secondary N) is 1. The molecule has 1 atom stereocenters. The summed E-state index contributed by atoms with van der Waals surface area (Å²) in [6, 6.07) is 14.6. The molecule has 3 N–H and O–H groups in total. The largest absolute Gasteiger partial charge is 0.354 e. The van der Waals surface area contributed by atoms with Gasteiger partial charge in [0.15, 0.2) is 0 Å². The lowest BCUT2D eigenvalue weighted by Gasteiger charge is -2.21. The van der Waals surface area contributed by atoms with Crippen molar-refractivity contribution in [2.45, 2.75) is 32.2 Å². The van der Waals surface area contributed by atoms with Crippen LogP contribution < -0.4 is 16.0 Å². The summed E-state index contributed by atoms with van der Waals surface area (Å²) in [5, 5.41) is 2.87. The number of hydrogen-bond acceptors (Lipinski definition) is 3. The molecule has 0 radical (unpaired) electrons. The van der Waals surface area contributed by atoms with Gasteiger partial charge >= 0.3 is 0 Å². The Balaban J connectivity index is 1.49. The third kappa shape index (κ3) is 3.47. The summed E-state index contributed by atoms with van der Waals surface area (Å²) >= 11 is 0. The number of nitrogens with two attached hydrogens (primary N) is 1. The van der Waals surface area contributed by atoms with Gasteiger partial charge in [-0.25, -0.2) is 0 Å². The average Bonchev–Trinajstić information content (AvgIpc) is 3.19. The molecule has 1 aliphatic heterocycles. The van der Waals surface area contributed by atoms with E-state index in [0.717, 1.165) is 12.1 Å². The maximum Gasteiger partial charge on any atom is 0.227 e. The third-order valence-corrected chi connectivity index (χ3v) is 5.30. The summed E-state index contributed by atoms with van der Waals surface area (Å²) in [6.45, 7) is 4.54. The van der Waals surface area contributed by atoms with E-state index < -0.39 is 5.54 Å². The van der Waals surface area contributed by atoms with E-state index in [1.807, 2.05) is 19.9 Å². The SMILES string of the molecule is CC(C)(N)CNC(=O)C1CC(=O)N(c2ccc3c(c2)Cc2ccccc2-3)C1. The molecule has 4 rings (SSSR count). The maximum absolute atomic E-state index is 12.5. The van der Waals surface area contributed by atoms with Gasteiger partial charge in [0, 0.05) is 30.7 Å². The molecule has 0 saturated carbocycles. The summed E-state index contributed by atoms with van der Waals surface area (Å²) in [7, 11) is 0. The van der Waals surface area contributed by atoms with E-state index in [9.17, 15) is 9.59 Å². The Labute approximate surface area is 159 Å². The minimum absolute atomic E-state index is 0.00220. The molecule has 1 heterocycles. The van der Waals surface area contributed by atoms with E-state index in [0.29, 0.717) is 13.1 Å². The van der Waals surface area contributed by atoms with E-state index in [1.165, 1.54) is 22.3 Å². The van der Waals surface area contributed by atoms with Crippen LogP contribution in [0.1, 0.15) is 31.4 Å². The first-order chi connectivity index (χ1) is 12.8. The van der Waals surface area contributed by atoms with Gasteiger partial charge in [-0.1, -0.05) is 30.3 Å². The fourth-order valence-electron chi connectivity index (χ4n) is 3.89. The summed E-state index contributed by atoms with van der Waals surface area (Å²) in [6.07, 6.45) is 1.13. The van der Waals surface area contributed by atoms with Crippen molar-refractivity contribution in [2.24, 2.45) is 11.7 Å². The van der Waals surface area contributed by atoms with Gasteiger partial charge < -0.3 is 16.0 Å². The van der Waals surface area contributed by atoms with Crippen LogP contribution in [0.3, 0.4) is 0 Å². The van der Waals surface area contributed by atoms with Gasteiger partial charge in [0.05, 0.1) is 5.92 Å². The minimum Gasteiger partial charge on any atom is -0.354 e. The molecule has 5 heteroatoms. The number of amides is 2. The molecule has 27 heavy (non-hydrogen) atoms. The van der Waals surface area contributed by atoms with Crippen LogP contribution in [0.15, 0.2) is 42.5 Å². The van der Waals surface area contributed by atoms with Crippen molar-refractivity contribution < 1.29 is 9.59 Å². The Morgan fingerprint density at radius 3 is 2.70 bits per heavy atom. The molecule has 1 unspecified atom stereocenters. The van der Waals surface area contributed by atoms with Crippen molar-refractivity contribution >= 4 is 17.5 Å². The van der Waals surface area contributed by atoms with Crippen LogP contribution in [-0.4, -0.2) is 30.4 Å². The minimum atomic E-state index is -0.465.